The van der Waals surface area contributed by atoms with E-state index in [-0.39, 0.29) is 0 Å². The molecular weight excluding hydrogens is 262 g/mol. The third kappa shape index (κ3) is 5.30. The number of piperazine rings is 1. The van der Waals surface area contributed by atoms with E-state index in [9.17, 15) is 0 Å². The first-order chi connectivity index (χ1) is 10.2. The molecule has 0 bridgehead atoms. The van der Waals surface area contributed by atoms with Crippen LogP contribution in [0.5, 0.6) is 5.75 Å². The van der Waals surface area contributed by atoms with E-state index < -0.39 is 0 Å². The van der Waals surface area contributed by atoms with Crippen molar-refractivity contribution < 1.29 is 4.74 Å². The normalized spacial score (nSPS) is 16.4. The number of methoxy groups -OCH3 is 1. The molecule has 1 aromatic rings. The molecule has 118 valence electrons. The van der Waals surface area contributed by atoms with Crippen LogP contribution in [0.25, 0.3) is 0 Å². The van der Waals surface area contributed by atoms with E-state index in [0.29, 0.717) is 5.92 Å². The highest BCUT2D eigenvalue weighted by Crippen LogP contribution is 2.21. The third-order valence-electron chi connectivity index (χ3n) is 3.84. The summed E-state index contributed by atoms with van der Waals surface area (Å²) in [6.45, 7) is 11.8. The van der Waals surface area contributed by atoms with Crippen LogP contribution in [0.2, 0.25) is 0 Å². The number of ether oxygens (including phenoxy) is 1. The van der Waals surface area contributed by atoms with Gasteiger partial charge in [0.25, 0.3) is 0 Å². The van der Waals surface area contributed by atoms with E-state index in [1.165, 1.54) is 11.1 Å². The molecule has 1 aromatic carbocycles. The first kappa shape index (κ1) is 16.3. The van der Waals surface area contributed by atoms with Crippen LogP contribution in [-0.4, -0.2) is 44.7 Å². The van der Waals surface area contributed by atoms with Crippen molar-refractivity contribution in [1.29, 1.82) is 0 Å². The molecule has 21 heavy (non-hydrogen) atoms. The van der Waals surface area contributed by atoms with Gasteiger partial charge in [-0.1, -0.05) is 26.0 Å². The van der Waals surface area contributed by atoms with Gasteiger partial charge in [-0.3, -0.25) is 4.90 Å². The molecule has 1 aliphatic heterocycles. The summed E-state index contributed by atoms with van der Waals surface area (Å²) >= 11 is 0. The summed E-state index contributed by atoms with van der Waals surface area (Å²) in [5.41, 5.74) is 2.57. The molecule has 2 N–H and O–H groups in total. The molecule has 1 aliphatic rings. The van der Waals surface area contributed by atoms with Crippen molar-refractivity contribution in [3.05, 3.63) is 29.3 Å². The fourth-order valence-corrected chi connectivity index (χ4v) is 2.66. The van der Waals surface area contributed by atoms with Gasteiger partial charge in [0.2, 0.25) is 0 Å². The average molecular weight is 291 g/mol. The average Bonchev–Trinajstić information content (AvgIpc) is 2.49. The number of rotatable bonds is 7. The number of hydrogen-bond donors (Lipinski definition) is 2. The Bertz CT molecular complexity index is 428. The summed E-state index contributed by atoms with van der Waals surface area (Å²) < 4.78 is 5.56. The van der Waals surface area contributed by atoms with Gasteiger partial charge in [-0.05, 0) is 24.1 Å². The van der Waals surface area contributed by atoms with E-state index in [0.717, 1.165) is 51.6 Å². The number of hydrogen-bond acceptors (Lipinski definition) is 4. The van der Waals surface area contributed by atoms with Gasteiger partial charge in [0.1, 0.15) is 5.75 Å². The number of benzene rings is 1. The van der Waals surface area contributed by atoms with Gasteiger partial charge < -0.3 is 15.4 Å². The van der Waals surface area contributed by atoms with Crippen LogP contribution in [0.1, 0.15) is 25.0 Å². The van der Waals surface area contributed by atoms with E-state index in [4.69, 9.17) is 4.74 Å². The molecule has 0 spiro atoms. The lowest BCUT2D eigenvalue weighted by Crippen LogP contribution is -2.42. The molecule has 0 unspecified atom stereocenters. The van der Waals surface area contributed by atoms with E-state index in [1.807, 2.05) is 0 Å². The molecule has 1 fully saturated rings. The zero-order valence-electron chi connectivity index (χ0n) is 13.6. The summed E-state index contributed by atoms with van der Waals surface area (Å²) in [5, 5.41) is 6.87. The summed E-state index contributed by atoms with van der Waals surface area (Å²) in [6.07, 6.45) is 0. The molecule has 0 amide bonds. The lowest BCUT2D eigenvalue weighted by molar-refractivity contribution is 0.233. The van der Waals surface area contributed by atoms with Crippen LogP contribution in [0.15, 0.2) is 18.2 Å². The van der Waals surface area contributed by atoms with Gasteiger partial charge in [-0.25, -0.2) is 0 Å². The largest absolute Gasteiger partial charge is 0.496 e. The van der Waals surface area contributed by atoms with Gasteiger partial charge >= 0.3 is 0 Å². The van der Waals surface area contributed by atoms with Crippen molar-refractivity contribution in [3.8, 4) is 5.75 Å². The SMILES string of the molecule is COc1cc(CN2CCNCC2)ccc1CNCC(C)C. The van der Waals surface area contributed by atoms with E-state index in [1.54, 1.807) is 7.11 Å². The monoisotopic (exact) mass is 291 g/mol. The fraction of sp³-hybridized carbons (Fsp3) is 0.647. The zero-order chi connectivity index (χ0) is 15.1. The lowest BCUT2D eigenvalue weighted by Gasteiger charge is -2.27. The quantitative estimate of drug-likeness (QED) is 0.804. The Hall–Kier alpha value is -1.10. The Morgan fingerprint density at radius 3 is 2.71 bits per heavy atom. The highest BCUT2D eigenvalue weighted by molar-refractivity contribution is 5.37. The van der Waals surface area contributed by atoms with Crippen molar-refractivity contribution in [2.75, 3.05) is 39.8 Å². The second kappa shape index (κ2) is 8.37. The van der Waals surface area contributed by atoms with Crippen molar-refractivity contribution in [3.63, 3.8) is 0 Å². The molecule has 1 saturated heterocycles. The molecule has 0 aromatic heterocycles. The molecule has 2 rings (SSSR count). The summed E-state index contributed by atoms with van der Waals surface area (Å²) in [5.74, 6) is 1.67. The van der Waals surface area contributed by atoms with Crippen LogP contribution in [0.3, 0.4) is 0 Å². The van der Waals surface area contributed by atoms with Gasteiger partial charge in [0.05, 0.1) is 7.11 Å². The predicted octanol–water partition coefficient (Wildman–Crippen LogP) is 1.85. The lowest BCUT2D eigenvalue weighted by atomic mass is 10.1. The molecule has 0 aliphatic carbocycles. The second-order valence-electron chi connectivity index (χ2n) is 6.20. The molecule has 0 radical (unpaired) electrons. The minimum absolute atomic E-state index is 0.669. The van der Waals surface area contributed by atoms with Gasteiger partial charge in [0.15, 0.2) is 0 Å². The standard InChI is InChI=1S/C17H29N3O/c1-14(2)11-19-12-16-5-4-15(10-17(16)21-3)13-20-8-6-18-7-9-20/h4-5,10,14,18-19H,6-9,11-13H2,1-3H3. The molecular formula is C17H29N3O. The van der Waals surface area contributed by atoms with Gasteiger partial charge in [0, 0.05) is 44.8 Å². The van der Waals surface area contributed by atoms with Crippen LogP contribution in [-0.2, 0) is 13.1 Å². The Labute approximate surface area is 128 Å². The van der Waals surface area contributed by atoms with Gasteiger partial charge in [-0.2, -0.15) is 0 Å². The highest BCUT2D eigenvalue weighted by Gasteiger charge is 2.11. The Kier molecular flexibility index (Phi) is 6.49. The maximum atomic E-state index is 5.56. The zero-order valence-corrected chi connectivity index (χ0v) is 13.6. The van der Waals surface area contributed by atoms with Crippen LogP contribution in [0.4, 0.5) is 0 Å². The van der Waals surface area contributed by atoms with Crippen LogP contribution < -0.4 is 15.4 Å². The van der Waals surface area contributed by atoms with Crippen LogP contribution in [0, 0.1) is 5.92 Å². The van der Waals surface area contributed by atoms with Crippen LogP contribution >= 0.6 is 0 Å². The second-order valence-corrected chi connectivity index (χ2v) is 6.20. The Morgan fingerprint density at radius 1 is 1.29 bits per heavy atom. The molecule has 0 atom stereocenters. The predicted molar refractivity (Wildman–Crippen MR) is 87.7 cm³/mol. The molecule has 4 heteroatoms. The highest BCUT2D eigenvalue weighted by atomic mass is 16.5. The maximum absolute atomic E-state index is 5.56. The van der Waals surface area contributed by atoms with Gasteiger partial charge in [-0.15, -0.1) is 0 Å². The first-order valence-corrected chi connectivity index (χ1v) is 7.98. The summed E-state index contributed by atoms with van der Waals surface area (Å²) in [4.78, 5) is 2.49. The molecule has 4 nitrogen and oxygen atoms in total. The van der Waals surface area contributed by atoms with E-state index in [2.05, 4.69) is 47.6 Å². The summed E-state index contributed by atoms with van der Waals surface area (Å²) in [6, 6.07) is 6.62. The van der Waals surface area contributed by atoms with E-state index >= 15 is 0 Å². The Balaban J connectivity index is 1.94. The Morgan fingerprint density at radius 2 is 2.05 bits per heavy atom. The fourth-order valence-electron chi connectivity index (χ4n) is 2.66. The maximum Gasteiger partial charge on any atom is 0.123 e. The van der Waals surface area contributed by atoms with Crippen molar-refractivity contribution in [1.82, 2.24) is 15.5 Å². The first-order valence-electron chi connectivity index (χ1n) is 7.98. The van der Waals surface area contributed by atoms with Crippen molar-refractivity contribution in [2.45, 2.75) is 26.9 Å². The smallest absolute Gasteiger partial charge is 0.123 e. The summed E-state index contributed by atoms with van der Waals surface area (Å²) in [7, 11) is 1.76. The minimum atomic E-state index is 0.669. The number of nitrogens with one attached hydrogen (secondary N) is 2. The third-order valence-corrected chi connectivity index (χ3v) is 3.84. The minimum Gasteiger partial charge on any atom is -0.496 e. The molecule has 1 heterocycles. The number of nitrogens with zero attached hydrogens (tertiary/aromatic N) is 1. The van der Waals surface area contributed by atoms with Crippen molar-refractivity contribution >= 4 is 0 Å². The molecule has 0 saturated carbocycles. The van der Waals surface area contributed by atoms with Crippen molar-refractivity contribution in [2.24, 2.45) is 5.92 Å². The topological polar surface area (TPSA) is 36.5 Å².